The molecule has 2 atom stereocenters. The average Bonchev–Trinajstić information content (AvgIpc) is 2.82. The van der Waals surface area contributed by atoms with E-state index in [1.807, 2.05) is 12.1 Å². The van der Waals surface area contributed by atoms with E-state index in [9.17, 15) is 5.11 Å². The molecular weight excluding hydrogens is 382 g/mol. The van der Waals surface area contributed by atoms with Crippen LogP contribution in [0.1, 0.15) is 82.3 Å². The number of rotatable bonds is 12. The smallest absolute Gasteiger partial charge is 0.119 e. The summed E-state index contributed by atoms with van der Waals surface area (Å²) in [5.74, 6) is 0.939. The summed E-state index contributed by atoms with van der Waals surface area (Å²) in [5, 5.41) is 12.2. The van der Waals surface area contributed by atoms with Crippen LogP contribution in [0.4, 0.5) is 0 Å². The van der Waals surface area contributed by atoms with E-state index in [0.717, 1.165) is 56.8 Å². The monoisotopic (exact) mass is 423 g/mol. The summed E-state index contributed by atoms with van der Waals surface area (Å²) in [6, 6.07) is 18.8. The molecule has 3 nitrogen and oxygen atoms in total. The predicted molar refractivity (Wildman–Crippen MR) is 130 cm³/mol. The van der Waals surface area contributed by atoms with Crippen LogP contribution in [-0.4, -0.2) is 36.2 Å². The zero-order valence-electron chi connectivity index (χ0n) is 19.6. The zero-order valence-corrected chi connectivity index (χ0v) is 19.6. The summed E-state index contributed by atoms with van der Waals surface area (Å²) < 4.78 is 5.91. The molecule has 0 radical (unpaired) electrons. The van der Waals surface area contributed by atoms with Crippen molar-refractivity contribution in [2.24, 2.45) is 0 Å². The Bertz CT molecular complexity index is 739. The highest BCUT2D eigenvalue weighted by molar-refractivity contribution is 5.35. The lowest BCUT2D eigenvalue weighted by Gasteiger charge is -2.41. The van der Waals surface area contributed by atoms with Gasteiger partial charge in [-0.25, -0.2) is 0 Å². The summed E-state index contributed by atoms with van der Waals surface area (Å²) in [6.45, 7) is 8.30. The lowest BCUT2D eigenvalue weighted by Crippen LogP contribution is -2.42. The van der Waals surface area contributed by atoms with Gasteiger partial charge in [0, 0.05) is 12.5 Å². The highest BCUT2D eigenvalue weighted by atomic mass is 16.5. The summed E-state index contributed by atoms with van der Waals surface area (Å²) in [4.78, 5) is 2.55. The molecule has 2 aromatic carbocycles. The van der Waals surface area contributed by atoms with E-state index in [1.165, 1.54) is 37.7 Å². The van der Waals surface area contributed by atoms with Gasteiger partial charge < -0.3 is 14.7 Å². The van der Waals surface area contributed by atoms with E-state index < -0.39 is 5.60 Å². The first kappa shape index (κ1) is 23.8. The number of hydrogen-bond donors (Lipinski definition) is 1. The second-order valence-corrected chi connectivity index (χ2v) is 9.08. The molecule has 3 rings (SSSR count). The SMILES string of the molecule is CCCCCOc1ccc([C@@](O)(CCC)[C@@H](CN2CCCCC2)c2ccccc2)cc1. The molecule has 2 aromatic rings. The Morgan fingerprint density at radius 1 is 0.903 bits per heavy atom. The molecular formula is C28H41NO2. The Kier molecular flexibility index (Phi) is 9.42. The van der Waals surface area contributed by atoms with Gasteiger partial charge in [0.2, 0.25) is 0 Å². The van der Waals surface area contributed by atoms with Gasteiger partial charge in [0.05, 0.1) is 12.2 Å². The molecule has 0 aliphatic carbocycles. The lowest BCUT2D eigenvalue weighted by atomic mass is 9.74. The number of aliphatic hydroxyl groups is 1. The third kappa shape index (κ3) is 6.57. The third-order valence-electron chi connectivity index (χ3n) is 6.67. The fourth-order valence-electron chi connectivity index (χ4n) is 4.90. The molecule has 0 saturated carbocycles. The summed E-state index contributed by atoms with van der Waals surface area (Å²) >= 11 is 0. The number of piperidine rings is 1. The number of benzene rings is 2. The van der Waals surface area contributed by atoms with Crippen molar-refractivity contribution in [1.82, 2.24) is 4.90 Å². The first-order valence-corrected chi connectivity index (χ1v) is 12.4. The normalized spacial score (nSPS) is 17.8. The summed E-state index contributed by atoms with van der Waals surface area (Å²) in [5.41, 5.74) is 1.33. The van der Waals surface area contributed by atoms with Gasteiger partial charge in [-0.15, -0.1) is 0 Å². The third-order valence-corrected chi connectivity index (χ3v) is 6.67. The van der Waals surface area contributed by atoms with Crippen molar-refractivity contribution in [2.45, 2.75) is 76.7 Å². The second-order valence-electron chi connectivity index (χ2n) is 9.08. The summed E-state index contributed by atoms with van der Waals surface area (Å²) in [7, 11) is 0. The zero-order chi connectivity index (χ0) is 21.9. The Hall–Kier alpha value is -1.84. The molecule has 0 amide bonds. The van der Waals surface area contributed by atoms with Crippen molar-refractivity contribution in [3.8, 4) is 5.75 Å². The molecule has 1 fully saturated rings. The highest BCUT2D eigenvalue weighted by Crippen LogP contribution is 2.42. The van der Waals surface area contributed by atoms with Crippen LogP contribution >= 0.6 is 0 Å². The minimum atomic E-state index is -0.895. The Labute approximate surface area is 189 Å². The Morgan fingerprint density at radius 2 is 1.61 bits per heavy atom. The number of ether oxygens (including phenoxy) is 1. The topological polar surface area (TPSA) is 32.7 Å². The second kappa shape index (κ2) is 12.3. The van der Waals surface area contributed by atoms with Crippen LogP contribution in [-0.2, 0) is 5.60 Å². The van der Waals surface area contributed by atoms with Gasteiger partial charge in [-0.1, -0.05) is 82.0 Å². The maximum Gasteiger partial charge on any atom is 0.119 e. The van der Waals surface area contributed by atoms with E-state index in [2.05, 4.69) is 61.2 Å². The molecule has 1 aliphatic rings. The molecule has 31 heavy (non-hydrogen) atoms. The number of likely N-dealkylation sites (tertiary alicyclic amines) is 1. The minimum absolute atomic E-state index is 0.0445. The summed E-state index contributed by atoms with van der Waals surface area (Å²) in [6.07, 6.45) is 9.02. The van der Waals surface area contributed by atoms with Crippen LogP contribution in [0, 0.1) is 0 Å². The lowest BCUT2D eigenvalue weighted by molar-refractivity contribution is -0.0152. The van der Waals surface area contributed by atoms with Gasteiger partial charge in [0.1, 0.15) is 5.75 Å². The van der Waals surface area contributed by atoms with Crippen molar-refractivity contribution in [3.63, 3.8) is 0 Å². The van der Waals surface area contributed by atoms with E-state index >= 15 is 0 Å². The van der Waals surface area contributed by atoms with Crippen molar-refractivity contribution < 1.29 is 9.84 Å². The van der Waals surface area contributed by atoms with Gasteiger partial charge in [-0.05, 0) is 62.0 Å². The highest BCUT2D eigenvalue weighted by Gasteiger charge is 2.39. The average molecular weight is 424 g/mol. The van der Waals surface area contributed by atoms with Crippen molar-refractivity contribution in [3.05, 3.63) is 65.7 Å². The van der Waals surface area contributed by atoms with E-state index in [0.29, 0.717) is 0 Å². The number of hydrogen-bond acceptors (Lipinski definition) is 3. The van der Waals surface area contributed by atoms with Crippen LogP contribution in [0.5, 0.6) is 5.75 Å². The van der Waals surface area contributed by atoms with Gasteiger partial charge >= 0.3 is 0 Å². The maximum atomic E-state index is 12.2. The van der Waals surface area contributed by atoms with Gasteiger partial charge in [0.15, 0.2) is 0 Å². The Balaban J connectivity index is 1.85. The minimum Gasteiger partial charge on any atom is -0.494 e. The number of nitrogens with zero attached hydrogens (tertiary/aromatic N) is 1. The van der Waals surface area contributed by atoms with Crippen LogP contribution < -0.4 is 4.74 Å². The van der Waals surface area contributed by atoms with Crippen LogP contribution in [0.15, 0.2) is 54.6 Å². The van der Waals surface area contributed by atoms with Gasteiger partial charge in [-0.2, -0.15) is 0 Å². The first-order valence-electron chi connectivity index (χ1n) is 12.4. The molecule has 0 unspecified atom stereocenters. The van der Waals surface area contributed by atoms with Crippen LogP contribution in [0.3, 0.4) is 0 Å². The largest absolute Gasteiger partial charge is 0.494 e. The van der Waals surface area contributed by atoms with E-state index in [4.69, 9.17) is 4.74 Å². The van der Waals surface area contributed by atoms with Crippen molar-refractivity contribution in [2.75, 3.05) is 26.2 Å². The number of unbranched alkanes of at least 4 members (excludes halogenated alkanes) is 2. The van der Waals surface area contributed by atoms with E-state index in [1.54, 1.807) is 0 Å². The molecule has 0 spiro atoms. The first-order chi connectivity index (χ1) is 15.2. The molecule has 1 heterocycles. The van der Waals surface area contributed by atoms with Crippen molar-refractivity contribution >= 4 is 0 Å². The molecule has 0 aromatic heterocycles. The van der Waals surface area contributed by atoms with Crippen LogP contribution in [0.25, 0.3) is 0 Å². The molecule has 170 valence electrons. The quantitative estimate of drug-likeness (QED) is 0.395. The fraction of sp³-hybridized carbons (Fsp3) is 0.571. The molecule has 1 aliphatic heterocycles. The van der Waals surface area contributed by atoms with Gasteiger partial charge in [0.25, 0.3) is 0 Å². The predicted octanol–water partition coefficient (Wildman–Crippen LogP) is 6.51. The standard InChI is InChI=1S/C28H41NO2/c1-3-5-12-22-31-26-17-15-25(16-18-26)28(30,19-4-2)27(24-13-8-6-9-14-24)23-29-20-10-7-11-21-29/h6,8-9,13-18,27,30H,3-5,7,10-12,19-23H2,1-2H3/t27-,28-/m0/s1. The molecule has 3 heteroatoms. The Morgan fingerprint density at radius 3 is 2.26 bits per heavy atom. The van der Waals surface area contributed by atoms with E-state index in [-0.39, 0.29) is 5.92 Å². The molecule has 1 N–H and O–H groups in total. The molecule has 0 bridgehead atoms. The maximum absolute atomic E-state index is 12.2. The van der Waals surface area contributed by atoms with Gasteiger partial charge in [-0.3, -0.25) is 0 Å². The molecule has 1 saturated heterocycles. The fourth-order valence-corrected chi connectivity index (χ4v) is 4.90. The van der Waals surface area contributed by atoms with Crippen LogP contribution in [0.2, 0.25) is 0 Å². The van der Waals surface area contributed by atoms with Crippen molar-refractivity contribution in [1.29, 1.82) is 0 Å².